The number of carbonyl (C=O) groups excluding carboxylic acids is 1. The Morgan fingerprint density at radius 3 is 2.64 bits per heavy atom. The molecule has 1 fully saturated rings. The zero-order valence-corrected chi connectivity index (χ0v) is 8.75. The molecule has 1 unspecified atom stereocenters. The van der Waals surface area contributed by atoms with Crippen molar-refractivity contribution in [3.8, 4) is 0 Å². The van der Waals surface area contributed by atoms with E-state index in [9.17, 15) is 9.59 Å². The van der Waals surface area contributed by atoms with Gasteiger partial charge in [-0.3, -0.25) is 4.79 Å². The van der Waals surface area contributed by atoms with E-state index in [2.05, 4.69) is 0 Å². The average molecular weight is 199 g/mol. The summed E-state index contributed by atoms with van der Waals surface area (Å²) in [4.78, 5) is 24.1. The molecule has 1 atom stereocenters. The second kappa shape index (κ2) is 3.98. The monoisotopic (exact) mass is 199 g/mol. The Morgan fingerprint density at radius 1 is 1.64 bits per heavy atom. The van der Waals surface area contributed by atoms with Crippen LogP contribution in [0.5, 0.6) is 0 Å². The van der Waals surface area contributed by atoms with E-state index in [1.807, 2.05) is 6.92 Å². The van der Waals surface area contributed by atoms with Crippen molar-refractivity contribution in [2.24, 2.45) is 0 Å². The lowest BCUT2D eigenvalue weighted by atomic mass is 9.94. The van der Waals surface area contributed by atoms with Crippen LogP contribution < -0.4 is 0 Å². The van der Waals surface area contributed by atoms with Gasteiger partial charge in [-0.25, -0.2) is 4.79 Å². The molecule has 0 aliphatic carbocycles. The van der Waals surface area contributed by atoms with Crippen LogP contribution in [0.25, 0.3) is 0 Å². The fraction of sp³-hybridized carbons (Fsp3) is 0.800. The summed E-state index contributed by atoms with van der Waals surface area (Å²) in [7, 11) is 0. The first-order valence-electron chi connectivity index (χ1n) is 5.06. The van der Waals surface area contributed by atoms with Crippen LogP contribution in [0, 0.1) is 0 Å². The summed E-state index contributed by atoms with van der Waals surface area (Å²) < 4.78 is 0. The third-order valence-corrected chi connectivity index (χ3v) is 2.87. The van der Waals surface area contributed by atoms with Crippen LogP contribution in [0.15, 0.2) is 0 Å². The van der Waals surface area contributed by atoms with Gasteiger partial charge in [0.15, 0.2) is 0 Å². The van der Waals surface area contributed by atoms with Gasteiger partial charge in [-0.1, -0.05) is 13.3 Å². The first-order valence-corrected chi connectivity index (χ1v) is 5.06. The normalized spacial score (nSPS) is 21.0. The summed E-state index contributed by atoms with van der Waals surface area (Å²) in [6, 6.07) is 0. The molecule has 1 amide bonds. The van der Waals surface area contributed by atoms with Crippen molar-refractivity contribution < 1.29 is 14.7 Å². The van der Waals surface area contributed by atoms with E-state index >= 15 is 0 Å². The molecule has 0 bridgehead atoms. The number of carboxylic acids is 1. The maximum atomic E-state index is 11.5. The Morgan fingerprint density at radius 2 is 2.29 bits per heavy atom. The third kappa shape index (κ3) is 1.74. The summed E-state index contributed by atoms with van der Waals surface area (Å²) in [6.45, 7) is 4.16. The van der Waals surface area contributed by atoms with E-state index in [0.29, 0.717) is 19.4 Å². The molecule has 1 aliphatic rings. The number of hydrogen-bond acceptors (Lipinski definition) is 2. The van der Waals surface area contributed by atoms with Crippen molar-refractivity contribution >= 4 is 11.9 Å². The predicted molar refractivity (Wildman–Crippen MR) is 51.9 cm³/mol. The van der Waals surface area contributed by atoms with Crippen LogP contribution in [0.1, 0.15) is 39.5 Å². The van der Waals surface area contributed by atoms with E-state index in [4.69, 9.17) is 5.11 Å². The topological polar surface area (TPSA) is 57.6 Å². The van der Waals surface area contributed by atoms with Crippen LogP contribution in [0.2, 0.25) is 0 Å². The van der Waals surface area contributed by atoms with Gasteiger partial charge in [-0.05, 0) is 19.8 Å². The molecular formula is C10H17NO3. The lowest BCUT2D eigenvalue weighted by Crippen LogP contribution is -2.52. The molecule has 1 saturated heterocycles. The molecule has 1 aliphatic heterocycles. The molecule has 1 N–H and O–H groups in total. The minimum atomic E-state index is -0.998. The van der Waals surface area contributed by atoms with Crippen LogP contribution >= 0.6 is 0 Å². The highest BCUT2D eigenvalue weighted by molar-refractivity contribution is 5.87. The molecule has 0 saturated carbocycles. The fourth-order valence-electron chi connectivity index (χ4n) is 2.01. The molecule has 4 heteroatoms. The Hall–Kier alpha value is -1.06. The van der Waals surface area contributed by atoms with E-state index in [-0.39, 0.29) is 5.91 Å². The molecule has 0 aromatic heterocycles. The van der Waals surface area contributed by atoms with Crippen LogP contribution in [-0.2, 0) is 9.59 Å². The van der Waals surface area contributed by atoms with E-state index < -0.39 is 11.5 Å². The molecule has 0 aromatic carbocycles. The van der Waals surface area contributed by atoms with E-state index in [0.717, 1.165) is 12.8 Å². The van der Waals surface area contributed by atoms with E-state index in [1.165, 1.54) is 4.90 Å². The molecule has 4 nitrogen and oxygen atoms in total. The van der Waals surface area contributed by atoms with Crippen molar-refractivity contribution in [3.05, 3.63) is 0 Å². The average Bonchev–Trinajstić information content (AvgIpc) is 2.51. The number of nitrogens with zero attached hydrogens (tertiary/aromatic N) is 1. The summed E-state index contributed by atoms with van der Waals surface area (Å²) in [5.41, 5.74) is -0.998. The van der Waals surface area contributed by atoms with Crippen molar-refractivity contribution in [3.63, 3.8) is 0 Å². The first kappa shape index (κ1) is 11.0. The number of amides is 1. The number of aliphatic carboxylic acids is 1. The first-order chi connectivity index (χ1) is 6.52. The fourth-order valence-corrected chi connectivity index (χ4v) is 2.01. The van der Waals surface area contributed by atoms with Crippen molar-refractivity contribution in [2.75, 3.05) is 6.54 Å². The number of hydrogen-bond donors (Lipinski definition) is 1. The minimum Gasteiger partial charge on any atom is -0.480 e. The van der Waals surface area contributed by atoms with Gasteiger partial charge >= 0.3 is 5.97 Å². The van der Waals surface area contributed by atoms with Gasteiger partial charge in [0, 0.05) is 13.0 Å². The number of carboxylic acid groups (broad SMARTS) is 1. The highest BCUT2D eigenvalue weighted by Gasteiger charge is 2.43. The maximum Gasteiger partial charge on any atom is 0.329 e. The van der Waals surface area contributed by atoms with Crippen molar-refractivity contribution in [2.45, 2.75) is 45.1 Å². The lowest BCUT2D eigenvalue weighted by Gasteiger charge is -2.34. The summed E-state index contributed by atoms with van der Waals surface area (Å²) in [5, 5.41) is 9.15. The van der Waals surface area contributed by atoms with Crippen LogP contribution in [0.3, 0.4) is 0 Å². The molecule has 80 valence electrons. The maximum absolute atomic E-state index is 11.5. The summed E-state index contributed by atoms with van der Waals surface area (Å²) >= 11 is 0. The van der Waals surface area contributed by atoms with E-state index in [1.54, 1.807) is 6.92 Å². The van der Waals surface area contributed by atoms with Crippen molar-refractivity contribution in [1.29, 1.82) is 0 Å². The Bertz CT molecular complexity index is 252. The molecule has 1 heterocycles. The summed E-state index contributed by atoms with van der Waals surface area (Å²) in [6.07, 6.45) is 2.57. The standard InChI is InChI=1S/C10H17NO3/c1-3-6-10(2,9(13)14)11-7-4-5-8(11)12/h3-7H2,1-2H3,(H,13,14). The zero-order chi connectivity index (χ0) is 10.8. The third-order valence-electron chi connectivity index (χ3n) is 2.87. The molecular weight excluding hydrogens is 182 g/mol. The number of rotatable bonds is 4. The molecule has 1 rings (SSSR count). The predicted octanol–water partition coefficient (Wildman–Crippen LogP) is 1.25. The molecule has 0 aromatic rings. The van der Waals surface area contributed by atoms with Gasteiger partial charge in [0.2, 0.25) is 5.91 Å². The number of likely N-dealkylation sites (tertiary alicyclic amines) is 1. The Kier molecular flexibility index (Phi) is 3.13. The largest absolute Gasteiger partial charge is 0.480 e. The van der Waals surface area contributed by atoms with Crippen LogP contribution in [-0.4, -0.2) is 34.0 Å². The van der Waals surface area contributed by atoms with Gasteiger partial charge in [-0.2, -0.15) is 0 Å². The highest BCUT2D eigenvalue weighted by atomic mass is 16.4. The molecule has 0 radical (unpaired) electrons. The van der Waals surface area contributed by atoms with Gasteiger partial charge in [0.05, 0.1) is 0 Å². The Labute approximate surface area is 83.9 Å². The second-order valence-electron chi connectivity index (χ2n) is 3.98. The van der Waals surface area contributed by atoms with Gasteiger partial charge in [0.1, 0.15) is 5.54 Å². The minimum absolute atomic E-state index is 0.0247. The zero-order valence-electron chi connectivity index (χ0n) is 8.75. The van der Waals surface area contributed by atoms with Gasteiger partial charge in [0.25, 0.3) is 0 Å². The Balaban J connectivity index is 2.86. The highest BCUT2D eigenvalue weighted by Crippen LogP contribution is 2.27. The van der Waals surface area contributed by atoms with Gasteiger partial charge in [-0.15, -0.1) is 0 Å². The smallest absolute Gasteiger partial charge is 0.329 e. The molecule has 0 spiro atoms. The second-order valence-corrected chi connectivity index (χ2v) is 3.98. The lowest BCUT2D eigenvalue weighted by molar-refractivity contribution is -0.156. The van der Waals surface area contributed by atoms with Crippen molar-refractivity contribution in [1.82, 2.24) is 4.90 Å². The van der Waals surface area contributed by atoms with Crippen LogP contribution in [0.4, 0.5) is 0 Å². The van der Waals surface area contributed by atoms with Gasteiger partial charge < -0.3 is 10.0 Å². The summed E-state index contributed by atoms with van der Waals surface area (Å²) in [5.74, 6) is -0.919. The SMILES string of the molecule is CCCC(C)(C(=O)O)N1CCCC1=O. The molecule has 14 heavy (non-hydrogen) atoms. The number of carbonyl (C=O) groups is 2. The quantitative estimate of drug-likeness (QED) is 0.741.